The minimum atomic E-state index is -0.0793. The number of halogens is 1. The topological polar surface area (TPSA) is 42.2 Å². The molecule has 0 saturated heterocycles. The Kier molecular flexibility index (Phi) is 3.94. The Morgan fingerprint density at radius 1 is 1.32 bits per heavy atom. The summed E-state index contributed by atoms with van der Waals surface area (Å²) in [6.45, 7) is 6.99. The van der Waals surface area contributed by atoms with Gasteiger partial charge in [-0.3, -0.25) is 0 Å². The van der Waals surface area contributed by atoms with Crippen LogP contribution in [0.1, 0.15) is 32.4 Å². The maximum Gasteiger partial charge on any atom is 0.137 e. The maximum atomic E-state index is 5.36. The third-order valence-corrected chi connectivity index (χ3v) is 3.12. The van der Waals surface area contributed by atoms with Crippen molar-refractivity contribution in [1.82, 2.24) is 9.97 Å². The summed E-state index contributed by atoms with van der Waals surface area (Å²) in [5.74, 6) is 2.61. The molecule has 2 rings (SSSR count). The molecule has 0 radical (unpaired) electrons. The van der Waals surface area contributed by atoms with Crippen molar-refractivity contribution in [3.63, 3.8) is 0 Å². The number of rotatable bonds is 3. The molecule has 102 valence electrons. The molecule has 19 heavy (non-hydrogen) atoms. The maximum absolute atomic E-state index is 5.36. The zero-order valence-electron chi connectivity index (χ0n) is 11.6. The average Bonchev–Trinajstić information content (AvgIpc) is 2.79. The zero-order valence-corrected chi connectivity index (χ0v) is 13.2. The monoisotopic (exact) mass is 323 g/mol. The fraction of sp³-hybridized carbons (Fsp3) is 0.429. The van der Waals surface area contributed by atoms with Crippen LogP contribution in [0.4, 0.5) is 5.82 Å². The van der Waals surface area contributed by atoms with Crippen LogP contribution in [-0.4, -0.2) is 17.0 Å². The van der Waals surface area contributed by atoms with E-state index in [-0.39, 0.29) is 5.41 Å². The van der Waals surface area contributed by atoms with E-state index in [4.69, 9.17) is 4.42 Å². The van der Waals surface area contributed by atoms with Crippen molar-refractivity contribution >= 4 is 21.7 Å². The van der Waals surface area contributed by atoms with Crippen LogP contribution in [0.2, 0.25) is 0 Å². The molecule has 5 heteroatoms. The Morgan fingerprint density at radius 2 is 2.05 bits per heavy atom. The largest absolute Gasteiger partial charge is 0.467 e. The number of aromatic nitrogens is 2. The smallest absolute Gasteiger partial charge is 0.137 e. The molecule has 0 spiro atoms. The average molecular weight is 324 g/mol. The van der Waals surface area contributed by atoms with Crippen molar-refractivity contribution in [2.24, 2.45) is 0 Å². The van der Waals surface area contributed by atoms with Crippen LogP contribution in [0.3, 0.4) is 0 Å². The predicted molar refractivity (Wildman–Crippen MR) is 79.2 cm³/mol. The van der Waals surface area contributed by atoms with Crippen LogP contribution in [-0.2, 0) is 12.0 Å². The van der Waals surface area contributed by atoms with Gasteiger partial charge in [-0.2, -0.15) is 0 Å². The van der Waals surface area contributed by atoms with Gasteiger partial charge in [0, 0.05) is 18.5 Å². The van der Waals surface area contributed by atoms with E-state index in [1.165, 1.54) is 0 Å². The van der Waals surface area contributed by atoms with Crippen molar-refractivity contribution in [1.29, 1.82) is 0 Å². The molecule has 2 aromatic rings. The van der Waals surface area contributed by atoms with Gasteiger partial charge < -0.3 is 9.32 Å². The molecule has 0 saturated carbocycles. The molecule has 0 aromatic carbocycles. The molecule has 0 bridgehead atoms. The van der Waals surface area contributed by atoms with Crippen LogP contribution >= 0.6 is 15.9 Å². The van der Waals surface area contributed by atoms with Gasteiger partial charge in [0.2, 0.25) is 0 Å². The van der Waals surface area contributed by atoms with Crippen molar-refractivity contribution in [2.75, 3.05) is 11.9 Å². The van der Waals surface area contributed by atoms with Gasteiger partial charge >= 0.3 is 0 Å². The van der Waals surface area contributed by atoms with Crippen LogP contribution in [0.25, 0.3) is 0 Å². The lowest BCUT2D eigenvalue weighted by Crippen LogP contribution is -2.22. The highest BCUT2D eigenvalue weighted by Gasteiger charge is 2.19. The molecule has 4 nitrogen and oxygen atoms in total. The van der Waals surface area contributed by atoms with Crippen molar-refractivity contribution in [3.8, 4) is 0 Å². The first-order chi connectivity index (χ1) is 8.86. The molecule has 0 N–H and O–H groups in total. The predicted octanol–water partition coefficient (Wildman–Crippen LogP) is 3.77. The summed E-state index contributed by atoms with van der Waals surface area (Å²) < 4.78 is 6.16. The number of hydrogen-bond donors (Lipinski definition) is 0. The molecule has 2 aromatic heterocycles. The van der Waals surface area contributed by atoms with Crippen LogP contribution in [0, 0.1) is 0 Å². The summed E-state index contributed by atoms with van der Waals surface area (Å²) in [4.78, 5) is 11.1. The van der Waals surface area contributed by atoms with E-state index in [0.29, 0.717) is 6.54 Å². The Hall–Kier alpha value is -1.36. The third-order valence-electron chi connectivity index (χ3n) is 2.72. The van der Waals surface area contributed by atoms with E-state index in [1.807, 2.05) is 30.1 Å². The second kappa shape index (κ2) is 5.33. The van der Waals surface area contributed by atoms with Gasteiger partial charge in [0.25, 0.3) is 0 Å². The molecule has 0 aliphatic heterocycles. The van der Waals surface area contributed by atoms with Crippen molar-refractivity contribution in [3.05, 3.63) is 40.7 Å². The first kappa shape index (κ1) is 14.1. The quantitative estimate of drug-likeness (QED) is 0.806. The second-order valence-corrected chi connectivity index (χ2v) is 6.37. The van der Waals surface area contributed by atoms with E-state index >= 15 is 0 Å². The number of hydrogen-bond acceptors (Lipinski definition) is 4. The Labute approximate surface area is 122 Å². The van der Waals surface area contributed by atoms with Crippen LogP contribution < -0.4 is 4.90 Å². The summed E-state index contributed by atoms with van der Waals surface area (Å²) in [6, 6.07) is 5.76. The molecular weight excluding hydrogens is 306 g/mol. The second-order valence-electron chi connectivity index (χ2n) is 5.56. The fourth-order valence-corrected chi connectivity index (χ4v) is 2.03. The highest BCUT2D eigenvalue weighted by Crippen LogP contribution is 2.24. The number of furan rings is 1. The lowest BCUT2D eigenvalue weighted by Gasteiger charge is -2.21. The molecule has 2 heterocycles. The summed E-state index contributed by atoms with van der Waals surface area (Å²) in [6.07, 6.45) is 1.68. The normalized spacial score (nSPS) is 11.6. The van der Waals surface area contributed by atoms with Gasteiger partial charge in [-0.15, -0.1) is 0 Å². The SMILES string of the molecule is CN(Cc1ccco1)c1cc(Br)nc(C(C)(C)C)n1. The van der Waals surface area contributed by atoms with Gasteiger partial charge in [0.1, 0.15) is 22.0 Å². The minimum Gasteiger partial charge on any atom is -0.467 e. The minimum absolute atomic E-state index is 0.0793. The van der Waals surface area contributed by atoms with Gasteiger partial charge in [-0.25, -0.2) is 9.97 Å². The highest BCUT2D eigenvalue weighted by atomic mass is 79.9. The van der Waals surface area contributed by atoms with Gasteiger partial charge in [-0.1, -0.05) is 20.8 Å². The lowest BCUT2D eigenvalue weighted by atomic mass is 9.96. The van der Waals surface area contributed by atoms with Gasteiger partial charge in [0.05, 0.1) is 12.8 Å². The van der Waals surface area contributed by atoms with E-state index in [9.17, 15) is 0 Å². The van der Waals surface area contributed by atoms with Crippen molar-refractivity contribution in [2.45, 2.75) is 32.7 Å². The molecular formula is C14H18BrN3O. The molecule has 0 fully saturated rings. The molecule has 0 unspecified atom stereocenters. The summed E-state index contributed by atoms with van der Waals surface area (Å²) in [7, 11) is 1.99. The van der Waals surface area contributed by atoms with E-state index in [2.05, 4.69) is 46.7 Å². The van der Waals surface area contributed by atoms with E-state index in [0.717, 1.165) is 22.0 Å². The van der Waals surface area contributed by atoms with Gasteiger partial charge in [-0.05, 0) is 28.1 Å². The molecule has 0 aliphatic carbocycles. The zero-order chi connectivity index (χ0) is 14.0. The van der Waals surface area contributed by atoms with E-state index < -0.39 is 0 Å². The number of nitrogens with zero attached hydrogens (tertiary/aromatic N) is 3. The molecule has 0 amide bonds. The number of anilines is 1. The summed E-state index contributed by atoms with van der Waals surface area (Å²) in [5.41, 5.74) is -0.0793. The summed E-state index contributed by atoms with van der Waals surface area (Å²) >= 11 is 3.45. The first-order valence-corrected chi connectivity index (χ1v) is 6.94. The Bertz CT molecular complexity index is 546. The fourth-order valence-electron chi connectivity index (χ4n) is 1.65. The van der Waals surface area contributed by atoms with Crippen LogP contribution in [0.5, 0.6) is 0 Å². The summed E-state index contributed by atoms with van der Waals surface area (Å²) in [5, 5.41) is 0. The highest BCUT2D eigenvalue weighted by molar-refractivity contribution is 9.10. The molecule has 0 atom stereocenters. The molecule has 0 aliphatic rings. The lowest BCUT2D eigenvalue weighted by molar-refractivity contribution is 0.505. The first-order valence-electron chi connectivity index (χ1n) is 6.15. The van der Waals surface area contributed by atoms with Crippen molar-refractivity contribution < 1.29 is 4.42 Å². The van der Waals surface area contributed by atoms with Crippen LogP contribution in [0.15, 0.2) is 33.5 Å². The Morgan fingerprint density at radius 3 is 2.63 bits per heavy atom. The Balaban J connectivity index is 2.26. The van der Waals surface area contributed by atoms with Gasteiger partial charge in [0.15, 0.2) is 0 Å². The standard InChI is InChI=1S/C14H18BrN3O/c1-14(2,3)13-16-11(15)8-12(17-13)18(4)9-10-6-5-7-19-10/h5-8H,9H2,1-4H3. The third kappa shape index (κ3) is 3.56. The van der Waals surface area contributed by atoms with E-state index in [1.54, 1.807) is 6.26 Å².